The van der Waals surface area contributed by atoms with Gasteiger partial charge in [0, 0.05) is 19.0 Å². The Morgan fingerprint density at radius 2 is 2.20 bits per heavy atom. The molecule has 0 spiro atoms. The number of hydrogen-bond donors (Lipinski definition) is 0. The fourth-order valence-electron chi connectivity index (χ4n) is 2.91. The second kappa shape index (κ2) is 1.45. The van der Waals surface area contributed by atoms with E-state index in [-0.39, 0.29) is 0 Å². The van der Waals surface area contributed by atoms with Crippen molar-refractivity contribution in [3.63, 3.8) is 0 Å². The Morgan fingerprint density at radius 1 is 1.30 bits per heavy atom. The van der Waals surface area contributed by atoms with Crippen molar-refractivity contribution in [3.05, 3.63) is 0 Å². The molecule has 0 amide bonds. The van der Waals surface area contributed by atoms with Gasteiger partial charge < -0.3 is 0 Å². The van der Waals surface area contributed by atoms with Crippen LogP contribution in [-0.4, -0.2) is 29.8 Å². The average Bonchev–Trinajstić information content (AvgIpc) is 2.31. The zero-order chi connectivity index (χ0) is 6.72. The van der Waals surface area contributed by atoms with Crippen molar-refractivity contribution >= 4 is 5.78 Å². The second-order valence-corrected chi connectivity index (χ2v) is 3.91. The monoisotopic (exact) mass is 137 g/mol. The van der Waals surface area contributed by atoms with Crippen LogP contribution in [0.5, 0.6) is 0 Å². The minimum atomic E-state index is 0.365. The normalized spacial score (nSPS) is 56.6. The quantitative estimate of drug-likeness (QED) is 0.478. The van der Waals surface area contributed by atoms with Crippen LogP contribution in [0, 0.1) is 11.8 Å². The van der Waals surface area contributed by atoms with Crippen LogP contribution in [0.4, 0.5) is 0 Å². The third kappa shape index (κ3) is 0.439. The standard InChI is InChI=1S/C8H11NO/c10-8-6-1-5-2-7(8)9(3-5)4-6/h5-7H,1-4H2. The van der Waals surface area contributed by atoms with Crippen molar-refractivity contribution in [1.29, 1.82) is 0 Å². The highest BCUT2D eigenvalue weighted by Gasteiger charge is 2.51. The molecule has 1 aliphatic carbocycles. The largest absolute Gasteiger partial charge is 0.298 e. The first-order valence-corrected chi connectivity index (χ1v) is 4.12. The number of piperidine rings is 1. The van der Waals surface area contributed by atoms with E-state index in [0.717, 1.165) is 12.5 Å². The lowest BCUT2D eigenvalue weighted by molar-refractivity contribution is -0.123. The molecule has 3 saturated heterocycles. The fourth-order valence-corrected chi connectivity index (χ4v) is 2.91. The zero-order valence-corrected chi connectivity index (χ0v) is 5.92. The number of ketones is 1. The van der Waals surface area contributed by atoms with Crippen LogP contribution >= 0.6 is 0 Å². The van der Waals surface area contributed by atoms with Crippen molar-refractivity contribution in [1.82, 2.24) is 4.90 Å². The number of rotatable bonds is 0. The van der Waals surface area contributed by atoms with Crippen LogP contribution < -0.4 is 0 Å². The lowest BCUT2D eigenvalue weighted by Crippen LogP contribution is -2.27. The van der Waals surface area contributed by atoms with Gasteiger partial charge in [0.25, 0.3) is 0 Å². The molecular formula is C8H11NO. The molecule has 3 aliphatic heterocycles. The molecule has 54 valence electrons. The molecule has 0 aromatic carbocycles. The highest BCUT2D eigenvalue weighted by atomic mass is 16.1. The van der Waals surface area contributed by atoms with E-state index in [2.05, 4.69) is 4.90 Å². The third-order valence-corrected chi connectivity index (χ3v) is 3.29. The summed E-state index contributed by atoms with van der Waals surface area (Å²) in [6.07, 6.45) is 2.38. The van der Waals surface area contributed by atoms with E-state index >= 15 is 0 Å². The SMILES string of the molecule is O=C1C2CC3CC1N(C3)C2. The number of hydrogen-bond acceptors (Lipinski definition) is 2. The fraction of sp³-hybridized carbons (Fsp3) is 0.875. The summed E-state index contributed by atoms with van der Waals surface area (Å²) in [6.45, 7) is 2.30. The van der Waals surface area contributed by atoms with E-state index in [1.807, 2.05) is 0 Å². The number of nitrogens with zero attached hydrogens (tertiary/aromatic N) is 1. The molecule has 3 heterocycles. The van der Waals surface area contributed by atoms with Gasteiger partial charge in [0.05, 0.1) is 6.04 Å². The molecule has 1 saturated carbocycles. The van der Waals surface area contributed by atoms with Gasteiger partial charge in [0.15, 0.2) is 5.78 Å². The molecule has 4 aliphatic rings. The molecule has 4 unspecified atom stereocenters. The molecule has 0 aromatic rings. The van der Waals surface area contributed by atoms with E-state index in [1.54, 1.807) is 0 Å². The molecule has 0 aromatic heterocycles. The van der Waals surface area contributed by atoms with E-state index in [4.69, 9.17) is 0 Å². The summed E-state index contributed by atoms with van der Waals surface area (Å²) < 4.78 is 0. The summed E-state index contributed by atoms with van der Waals surface area (Å²) in [4.78, 5) is 13.8. The summed E-state index contributed by atoms with van der Waals surface area (Å²) in [5, 5.41) is 0. The lowest BCUT2D eigenvalue weighted by Gasteiger charge is -2.22. The first-order chi connectivity index (χ1) is 4.84. The maximum absolute atomic E-state index is 11.4. The predicted molar refractivity (Wildman–Crippen MR) is 36.6 cm³/mol. The second-order valence-electron chi connectivity index (χ2n) is 3.91. The van der Waals surface area contributed by atoms with Gasteiger partial charge >= 0.3 is 0 Å². The van der Waals surface area contributed by atoms with Crippen LogP contribution in [-0.2, 0) is 4.79 Å². The Labute approximate surface area is 60.2 Å². The molecule has 4 bridgehead atoms. The van der Waals surface area contributed by atoms with Gasteiger partial charge in [-0.1, -0.05) is 0 Å². The molecular weight excluding hydrogens is 126 g/mol. The van der Waals surface area contributed by atoms with Gasteiger partial charge in [-0.15, -0.1) is 0 Å². The average molecular weight is 137 g/mol. The minimum Gasteiger partial charge on any atom is -0.298 e. The van der Waals surface area contributed by atoms with Gasteiger partial charge in [-0.3, -0.25) is 9.69 Å². The van der Waals surface area contributed by atoms with Crippen molar-refractivity contribution in [2.75, 3.05) is 13.1 Å². The lowest BCUT2D eigenvalue weighted by atomic mass is 9.82. The van der Waals surface area contributed by atoms with Crippen LogP contribution in [0.25, 0.3) is 0 Å². The van der Waals surface area contributed by atoms with Crippen LogP contribution in [0.3, 0.4) is 0 Å². The Balaban J connectivity index is 2.06. The first-order valence-electron chi connectivity index (χ1n) is 4.12. The van der Waals surface area contributed by atoms with Gasteiger partial charge in [0.1, 0.15) is 0 Å². The number of Topliss-reactive ketones (excluding diaryl/α,β-unsaturated/α-hetero) is 1. The summed E-state index contributed by atoms with van der Waals surface area (Å²) in [5.41, 5.74) is 0. The van der Waals surface area contributed by atoms with Crippen molar-refractivity contribution in [3.8, 4) is 0 Å². The Morgan fingerprint density at radius 3 is 2.90 bits per heavy atom. The molecule has 0 N–H and O–H groups in total. The molecule has 10 heavy (non-hydrogen) atoms. The van der Waals surface area contributed by atoms with E-state index in [1.165, 1.54) is 19.4 Å². The Hall–Kier alpha value is -0.370. The van der Waals surface area contributed by atoms with E-state index in [9.17, 15) is 4.79 Å². The van der Waals surface area contributed by atoms with Gasteiger partial charge in [-0.2, -0.15) is 0 Å². The molecule has 0 radical (unpaired) electrons. The number of carbonyl (C=O) groups is 1. The first kappa shape index (κ1) is 5.30. The topological polar surface area (TPSA) is 20.3 Å². The van der Waals surface area contributed by atoms with Crippen LogP contribution in [0.15, 0.2) is 0 Å². The van der Waals surface area contributed by atoms with Gasteiger partial charge in [-0.25, -0.2) is 0 Å². The Kier molecular flexibility index (Phi) is 0.768. The summed E-state index contributed by atoms with van der Waals surface area (Å²) in [7, 11) is 0. The molecule has 2 heteroatoms. The maximum Gasteiger partial charge on any atom is 0.154 e. The zero-order valence-electron chi connectivity index (χ0n) is 5.92. The molecule has 4 atom stereocenters. The van der Waals surface area contributed by atoms with Crippen molar-refractivity contribution in [2.45, 2.75) is 18.9 Å². The van der Waals surface area contributed by atoms with Crippen LogP contribution in [0.1, 0.15) is 12.8 Å². The van der Waals surface area contributed by atoms with Crippen molar-refractivity contribution < 1.29 is 4.79 Å². The highest BCUT2D eigenvalue weighted by molar-refractivity contribution is 5.90. The Bertz CT molecular complexity index is 197. The third-order valence-electron chi connectivity index (χ3n) is 3.29. The smallest absolute Gasteiger partial charge is 0.154 e. The predicted octanol–water partition coefficient (Wildman–Crippen LogP) is 0.280. The number of carbonyl (C=O) groups excluding carboxylic acids is 1. The highest BCUT2D eigenvalue weighted by Crippen LogP contribution is 2.42. The molecule has 4 fully saturated rings. The molecule has 2 nitrogen and oxygen atoms in total. The van der Waals surface area contributed by atoms with E-state index in [0.29, 0.717) is 17.7 Å². The van der Waals surface area contributed by atoms with Gasteiger partial charge in [-0.05, 0) is 18.8 Å². The minimum absolute atomic E-state index is 0.365. The summed E-state index contributed by atoms with van der Waals surface area (Å²) in [5.74, 6) is 1.87. The van der Waals surface area contributed by atoms with Crippen molar-refractivity contribution in [2.24, 2.45) is 11.8 Å². The maximum atomic E-state index is 11.4. The summed E-state index contributed by atoms with van der Waals surface area (Å²) >= 11 is 0. The molecule has 4 rings (SSSR count). The van der Waals surface area contributed by atoms with Crippen LogP contribution in [0.2, 0.25) is 0 Å². The van der Waals surface area contributed by atoms with Gasteiger partial charge in [0.2, 0.25) is 0 Å². The summed E-state index contributed by atoms with van der Waals surface area (Å²) in [6, 6.07) is 0.365. The van der Waals surface area contributed by atoms with E-state index < -0.39 is 0 Å².